The Morgan fingerprint density at radius 1 is 1.22 bits per heavy atom. The fourth-order valence-electron chi connectivity index (χ4n) is 3.44. The topological polar surface area (TPSA) is 124 Å². The van der Waals surface area contributed by atoms with E-state index in [0.29, 0.717) is 22.4 Å². The molecule has 2 atom stereocenters. The summed E-state index contributed by atoms with van der Waals surface area (Å²) < 4.78 is 40.4. The quantitative estimate of drug-likeness (QED) is 0.665. The van der Waals surface area contributed by atoms with Gasteiger partial charge in [-0.15, -0.1) is 0 Å². The lowest BCUT2D eigenvalue weighted by molar-refractivity contribution is -0.117. The summed E-state index contributed by atoms with van der Waals surface area (Å²) in [6.45, 7) is 4.80. The van der Waals surface area contributed by atoms with E-state index in [9.17, 15) is 18.0 Å². The molecule has 2 heterocycles. The number of anilines is 1. The number of hydrogen-bond acceptors (Lipinski definition) is 8. The van der Waals surface area contributed by atoms with Crippen molar-refractivity contribution in [2.75, 3.05) is 37.2 Å². The Morgan fingerprint density at radius 3 is 2.56 bits per heavy atom. The highest BCUT2D eigenvalue weighted by Gasteiger charge is 2.50. The molecule has 0 unspecified atom stereocenters. The number of rotatable bonds is 5. The van der Waals surface area contributed by atoms with E-state index in [1.54, 1.807) is 43.9 Å². The number of methoxy groups -OCH3 is 2. The van der Waals surface area contributed by atoms with Crippen LogP contribution in [0.15, 0.2) is 23.2 Å². The highest BCUT2D eigenvalue weighted by molar-refractivity contribution is 8.16. The molecule has 2 amide bonds. The van der Waals surface area contributed by atoms with Crippen molar-refractivity contribution in [3.05, 3.63) is 18.2 Å². The molecule has 32 heavy (non-hydrogen) atoms. The number of amides is 2. The molecule has 1 aromatic rings. The molecule has 0 aromatic heterocycles. The van der Waals surface area contributed by atoms with Crippen LogP contribution in [-0.2, 0) is 19.4 Å². The van der Waals surface area contributed by atoms with Crippen molar-refractivity contribution in [3.63, 3.8) is 0 Å². The summed E-state index contributed by atoms with van der Waals surface area (Å²) in [6.07, 6.45) is -0.723. The first kappa shape index (κ1) is 24.2. The van der Waals surface area contributed by atoms with Crippen molar-refractivity contribution >= 4 is 44.5 Å². The standard InChI is InChI=1S/C20H27N3O7S2/c1-20(2,3)30-19(25)21-9-17(24)22-18-23(14-10-32(26,27)11-16(14)31-18)13-8-12(28-4)6-7-15(13)29-5/h6-8,14,16H,9-11H2,1-5H3,(H,21,25)/t14-,16-/m0/s1. The molecule has 0 radical (unpaired) electrons. The molecular weight excluding hydrogens is 458 g/mol. The monoisotopic (exact) mass is 485 g/mol. The van der Waals surface area contributed by atoms with Gasteiger partial charge < -0.3 is 24.4 Å². The van der Waals surface area contributed by atoms with Crippen molar-refractivity contribution in [1.29, 1.82) is 0 Å². The minimum atomic E-state index is -3.22. The van der Waals surface area contributed by atoms with Gasteiger partial charge in [-0.1, -0.05) is 11.8 Å². The predicted octanol–water partition coefficient (Wildman–Crippen LogP) is 1.83. The summed E-state index contributed by atoms with van der Waals surface area (Å²) in [4.78, 5) is 30.2. The first-order valence-electron chi connectivity index (χ1n) is 9.89. The summed E-state index contributed by atoms with van der Waals surface area (Å²) in [5, 5.41) is 2.45. The molecule has 2 aliphatic rings. The number of nitrogens with zero attached hydrogens (tertiary/aromatic N) is 2. The Labute approximate surface area is 191 Å². The van der Waals surface area contributed by atoms with Crippen LogP contribution < -0.4 is 19.7 Å². The Balaban J connectivity index is 1.88. The van der Waals surface area contributed by atoms with Crippen molar-refractivity contribution in [3.8, 4) is 11.5 Å². The lowest BCUT2D eigenvalue weighted by Gasteiger charge is -2.26. The van der Waals surface area contributed by atoms with E-state index in [0.717, 1.165) is 0 Å². The van der Waals surface area contributed by atoms with Gasteiger partial charge in [0, 0.05) is 11.3 Å². The molecule has 0 spiro atoms. The number of thioether (sulfide) groups is 1. The van der Waals surface area contributed by atoms with Crippen LogP contribution in [0.1, 0.15) is 20.8 Å². The van der Waals surface area contributed by atoms with E-state index < -0.39 is 33.5 Å². The zero-order valence-corrected chi connectivity index (χ0v) is 20.2. The van der Waals surface area contributed by atoms with Gasteiger partial charge in [0.2, 0.25) is 0 Å². The number of amidine groups is 1. The summed E-state index contributed by atoms with van der Waals surface area (Å²) in [5.74, 6) is 0.381. The van der Waals surface area contributed by atoms with Gasteiger partial charge in [-0.25, -0.2) is 13.2 Å². The van der Waals surface area contributed by atoms with Gasteiger partial charge >= 0.3 is 6.09 Å². The van der Waals surface area contributed by atoms with E-state index in [2.05, 4.69) is 10.3 Å². The summed E-state index contributed by atoms with van der Waals surface area (Å²) >= 11 is 1.23. The molecule has 176 valence electrons. The molecule has 3 rings (SSSR count). The lowest BCUT2D eigenvalue weighted by atomic mass is 10.2. The van der Waals surface area contributed by atoms with Gasteiger partial charge in [0.05, 0.1) is 37.5 Å². The molecule has 0 bridgehead atoms. The summed E-state index contributed by atoms with van der Waals surface area (Å²) in [7, 11) is -0.195. The smallest absolute Gasteiger partial charge is 0.408 e. The van der Waals surface area contributed by atoms with Gasteiger partial charge in [0.1, 0.15) is 23.6 Å². The summed E-state index contributed by atoms with van der Waals surface area (Å²) in [6, 6.07) is 4.74. The second-order valence-corrected chi connectivity index (χ2v) is 11.7. The second-order valence-electron chi connectivity index (χ2n) is 8.35. The van der Waals surface area contributed by atoms with Crippen molar-refractivity contribution in [2.24, 2.45) is 4.99 Å². The van der Waals surface area contributed by atoms with Crippen LogP contribution in [0.25, 0.3) is 0 Å². The molecule has 12 heteroatoms. The zero-order valence-electron chi connectivity index (χ0n) is 18.6. The Hall–Kier alpha value is -2.47. The maximum atomic E-state index is 12.5. The summed E-state index contributed by atoms with van der Waals surface area (Å²) in [5.41, 5.74) is -0.140. The number of carbonyl (C=O) groups is 2. The Morgan fingerprint density at radius 2 is 1.94 bits per heavy atom. The van der Waals surface area contributed by atoms with Crippen LogP contribution in [0.4, 0.5) is 10.5 Å². The van der Waals surface area contributed by atoms with E-state index in [4.69, 9.17) is 14.2 Å². The van der Waals surface area contributed by atoms with Crippen LogP contribution in [-0.4, -0.2) is 74.7 Å². The van der Waals surface area contributed by atoms with Crippen molar-refractivity contribution in [2.45, 2.75) is 37.7 Å². The van der Waals surface area contributed by atoms with Crippen molar-refractivity contribution < 1.29 is 32.2 Å². The number of nitrogens with one attached hydrogen (secondary N) is 1. The minimum absolute atomic E-state index is 0.00547. The number of benzene rings is 1. The number of sulfone groups is 1. The maximum Gasteiger partial charge on any atom is 0.408 e. The average molecular weight is 486 g/mol. The second kappa shape index (κ2) is 9.18. The zero-order chi connectivity index (χ0) is 23.7. The SMILES string of the molecule is COc1ccc(OC)c(N2C(=NC(=O)CNC(=O)OC(C)(C)C)S[C@H]3CS(=O)(=O)C[C@@H]32)c1. The maximum absolute atomic E-state index is 12.5. The molecule has 1 N–H and O–H groups in total. The lowest BCUT2D eigenvalue weighted by Crippen LogP contribution is -2.39. The molecule has 2 fully saturated rings. The van der Waals surface area contributed by atoms with Crippen molar-refractivity contribution in [1.82, 2.24) is 5.32 Å². The highest BCUT2D eigenvalue weighted by atomic mass is 32.2. The van der Waals surface area contributed by atoms with Crippen LogP contribution in [0.3, 0.4) is 0 Å². The normalized spacial score (nSPS) is 23.0. The molecule has 10 nitrogen and oxygen atoms in total. The number of aliphatic imine (C=N–C) groups is 1. The van der Waals surface area contributed by atoms with Crippen LogP contribution in [0, 0.1) is 0 Å². The van der Waals surface area contributed by atoms with E-state index in [-0.39, 0.29) is 23.3 Å². The fraction of sp³-hybridized carbons (Fsp3) is 0.550. The molecular formula is C20H27N3O7S2. The van der Waals surface area contributed by atoms with E-state index >= 15 is 0 Å². The number of ether oxygens (including phenoxy) is 3. The Bertz CT molecular complexity index is 1030. The highest BCUT2D eigenvalue weighted by Crippen LogP contribution is 2.44. The molecule has 1 aromatic carbocycles. The van der Waals surface area contributed by atoms with E-state index in [1.165, 1.54) is 26.0 Å². The Kier molecular flexibility index (Phi) is 6.94. The number of fused-ring (bicyclic) bond motifs is 1. The van der Waals surface area contributed by atoms with Gasteiger partial charge in [-0.3, -0.25) is 4.79 Å². The molecule has 2 saturated heterocycles. The minimum Gasteiger partial charge on any atom is -0.497 e. The third kappa shape index (κ3) is 5.66. The van der Waals surface area contributed by atoms with Gasteiger partial charge in [-0.2, -0.15) is 4.99 Å². The third-order valence-electron chi connectivity index (χ3n) is 4.72. The van der Waals surface area contributed by atoms with Crippen LogP contribution in [0.5, 0.6) is 11.5 Å². The first-order valence-corrected chi connectivity index (χ1v) is 12.6. The van der Waals surface area contributed by atoms with Crippen LogP contribution in [0.2, 0.25) is 0 Å². The third-order valence-corrected chi connectivity index (χ3v) is 7.93. The predicted molar refractivity (Wildman–Crippen MR) is 123 cm³/mol. The van der Waals surface area contributed by atoms with Gasteiger partial charge in [-0.05, 0) is 32.9 Å². The number of carbonyl (C=O) groups excluding carboxylic acids is 2. The number of hydrogen-bond donors (Lipinski definition) is 1. The van der Waals surface area contributed by atoms with Gasteiger partial charge in [0.15, 0.2) is 15.0 Å². The van der Waals surface area contributed by atoms with Crippen LogP contribution >= 0.6 is 11.8 Å². The molecule has 0 saturated carbocycles. The molecule has 2 aliphatic heterocycles. The average Bonchev–Trinajstić information content (AvgIpc) is 3.15. The largest absolute Gasteiger partial charge is 0.497 e. The van der Waals surface area contributed by atoms with E-state index in [1.807, 2.05) is 0 Å². The molecule has 0 aliphatic carbocycles. The number of alkyl carbamates (subject to hydrolysis) is 1. The fourth-order valence-corrected chi connectivity index (χ4v) is 7.36. The first-order chi connectivity index (χ1) is 14.9. The van der Waals surface area contributed by atoms with Gasteiger partial charge in [0.25, 0.3) is 5.91 Å².